The first-order valence-electron chi connectivity index (χ1n) is 8.45. The number of ether oxygens (including phenoxy) is 1. The molecule has 2 aromatic rings. The molecule has 0 radical (unpaired) electrons. The zero-order valence-corrected chi connectivity index (χ0v) is 14.7. The zero-order chi connectivity index (χ0) is 21.4. The topological polar surface area (TPSA) is 75.8 Å². The first kappa shape index (κ1) is 20.8. The molecular weight excluding hydrogens is 403 g/mol. The van der Waals surface area contributed by atoms with Crippen LogP contribution < -0.4 is 9.64 Å². The second-order valence-electron chi connectivity index (χ2n) is 6.61. The van der Waals surface area contributed by atoms with Gasteiger partial charge in [0.15, 0.2) is 11.6 Å². The fourth-order valence-electron chi connectivity index (χ4n) is 3.33. The van der Waals surface area contributed by atoms with Crippen molar-refractivity contribution in [1.29, 1.82) is 0 Å². The molecule has 11 heteroatoms. The molecule has 29 heavy (non-hydrogen) atoms. The van der Waals surface area contributed by atoms with Crippen LogP contribution in [0.5, 0.6) is 5.75 Å². The summed E-state index contributed by atoms with van der Waals surface area (Å²) < 4.78 is 69.5. The molecule has 2 aromatic carbocycles. The van der Waals surface area contributed by atoms with E-state index in [2.05, 4.69) is 4.74 Å². The van der Waals surface area contributed by atoms with E-state index < -0.39 is 45.6 Å². The summed E-state index contributed by atoms with van der Waals surface area (Å²) in [6.07, 6.45) is -4.94. The molecule has 0 aliphatic carbocycles. The molecule has 0 atom stereocenters. The van der Waals surface area contributed by atoms with Gasteiger partial charge in [0.1, 0.15) is 11.4 Å². The van der Waals surface area contributed by atoms with E-state index in [0.29, 0.717) is 12.1 Å². The van der Waals surface area contributed by atoms with Crippen molar-refractivity contribution in [2.24, 2.45) is 0 Å². The number of benzene rings is 2. The van der Waals surface area contributed by atoms with Crippen molar-refractivity contribution in [3.63, 3.8) is 0 Å². The second kappa shape index (κ2) is 7.47. The van der Waals surface area contributed by atoms with Crippen LogP contribution in [-0.4, -0.2) is 29.5 Å². The second-order valence-corrected chi connectivity index (χ2v) is 6.61. The first-order chi connectivity index (χ1) is 13.5. The van der Waals surface area contributed by atoms with Crippen molar-refractivity contribution in [2.75, 3.05) is 18.0 Å². The maximum Gasteiger partial charge on any atom is 0.573 e. The summed E-state index contributed by atoms with van der Waals surface area (Å²) in [6.45, 7) is -0.0426. The van der Waals surface area contributed by atoms with E-state index in [4.69, 9.17) is 0 Å². The Labute approximate surface area is 161 Å². The maximum absolute atomic E-state index is 14.2. The molecular formula is C18H15F5N2O4. The summed E-state index contributed by atoms with van der Waals surface area (Å²) in [4.78, 5) is 11.1. The predicted octanol–water partition coefficient (Wildman–Crippen LogP) is 4.26. The average Bonchev–Trinajstić information content (AvgIpc) is 2.61. The largest absolute Gasteiger partial charge is 0.573 e. The molecule has 0 aromatic heterocycles. The Morgan fingerprint density at radius 3 is 2.21 bits per heavy atom. The number of rotatable bonds is 4. The van der Waals surface area contributed by atoms with Gasteiger partial charge in [-0.05, 0) is 30.5 Å². The van der Waals surface area contributed by atoms with E-state index in [0.717, 1.165) is 12.1 Å². The Bertz CT molecular complexity index is 904. The van der Waals surface area contributed by atoms with Crippen LogP contribution in [-0.2, 0) is 5.60 Å². The van der Waals surface area contributed by atoms with Crippen molar-refractivity contribution in [3.8, 4) is 5.75 Å². The van der Waals surface area contributed by atoms with E-state index in [9.17, 15) is 37.2 Å². The highest BCUT2D eigenvalue weighted by atomic mass is 19.4. The van der Waals surface area contributed by atoms with Gasteiger partial charge in [-0.3, -0.25) is 10.1 Å². The van der Waals surface area contributed by atoms with E-state index >= 15 is 0 Å². The van der Waals surface area contributed by atoms with Gasteiger partial charge in [-0.2, -0.15) is 0 Å². The Balaban J connectivity index is 1.78. The Hall–Kier alpha value is -2.95. The molecule has 1 aliphatic heterocycles. The first-order valence-corrected chi connectivity index (χ1v) is 8.45. The lowest BCUT2D eigenvalue weighted by Gasteiger charge is -2.39. The number of non-ortho nitro benzene ring substituents is 1. The highest BCUT2D eigenvalue weighted by Crippen LogP contribution is 2.38. The predicted molar refractivity (Wildman–Crippen MR) is 91.5 cm³/mol. The zero-order valence-electron chi connectivity index (χ0n) is 14.7. The summed E-state index contributed by atoms with van der Waals surface area (Å²) in [5.41, 5.74) is -2.51. The quantitative estimate of drug-likeness (QED) is 0.456. The monoisotopic (exact) mass is 418 g/mol. The molecule has 0 spiro atoms. The van der Waals surface area contributed by atoms with Crippen molar-refractivity contribution in [2.45, 2.75) is 24.8 Å². The third-order valence-electron chi connectivity index (χ3n) is 4.72. The third-order valence-corrected chi connectivity index (χ3v) is 4.72. The van der Waals surface area contributed by atoms with Gasteiger partial charge >= 0.3 is 6.36 Å². The lowest BCUT2D eigenvalue weighted by Crippen LogP contribution is -2.43. The van der Waals surface area contributed by atoms with Gasteiger partial charge in [0.25, 0.3) is 5.69 Å². The van der Waals surface area contributed by atoms with Crippen LogP contribution in [0.15, 0.2) is 36.4 Å². The van der Waals surface area contributed by atoms with Crippen LogP contribution in [0, 0.1) is 21.7 Å². The molecule has 0 bridgehead atoms. The van der Waals surface area contributed by atoms with Crippen molar-refractivity contribution < 1.29 is 36.7 Å². The summed E-state index contributed by atoms with van der Waals surface area (Å²) in [7, 11) is 0. The molecule has 0 amide bonds. The summed E-state index contributed by atoms with van der Waals surface area (Å²) >= 11 is 0. The molecule has 1 fully saturated rings. The molecule has 1 aliphatic rings. The van der Waals surface area contributed by atoms with E-state index in [1.807, 2.05) is 0 Å². The summed E-state index contributed by atoms with van der Waals surface area (Å²) in [5.74, 6) is -2.70. The number of nitro benzene ring substituents is 1. The smallest absolute Gasteiger partial charge is 0.406 e. The minimum atomic E-state index is -4.88. The molecule has 0 saturated carbocycles. The molecule has 3 rings (SSSR count). The Morgan fingerprint density at radius 1 is 1.10 bits per heavy atom. The van der Waals surface area contributed by atoms with Crippen LogP contribution in [0.1, 0.15) is 18.4 Å². The number of hydrogen-bond donors (Lipinski definition) is 1. The number of hydrogen-bond acceptors (Lipinski definition) is 5. The molecule has 1 heterocycles. The minimum Gasteiger partial charge on any atom is -0.406 e. The van der Waals surface area contributed by atoms with Crippen molar-refractivity contribution in [3.05, 3.63) is 63.7 Å². The average molecular weight is 418 g/mol. The van der Waals surface area contributed by atoms with Gasteiger partial charge in [-0.15, -0.1) is 13.2 Å². The van der Waals surface area contributed by atoms with Gasteiger partial charge in [0, 0.05) is 13.1 Å². The van der Waals surface area contributed by atoms with Gasteiger partial charge in [-0.1, -0.05) is 12.1 Å². The molecule has 156 valence electrons. The number of halogens is 5. The highest BCUT2D eigenvalue weighted by Gasteiger charge is 2.37. The van der Waals surface area contributed by atoms with Crippen LogP contribution in [0.2, 0.25) is 0 Å². The molecule has 0 unspecified atom stereocenters. The van der Waals surface area contributed by atoms with Crippen LogP contribution >= 0.6 is 0 Å². The lowest BCUT2D eigenvalue weighted by molar-refractivity contribution is -0.385. The molecule has 1 N–H and O–H groups in total. The fraction of sp³-hybridized carbons (Fsp3) is 0.333. The normalized spacial score (nSPS) is 16.6. The number of alkyl halides is 3. The number of nitro groups is 1. The maximum atomic E-state index is 14.2. The van der Waals surface area contributed by atoms with Gasteiger partial charge in [0.05, 0.1) is 22.7 Å². The lowest BCUT2D eigenvalue weighted by atomic mass is 9.84. The summed E-state index contributed by atoms with van der Waals surface area (Å²) in [5, 5.41) is 21.5. The minimum absolute atomic E-state index is 0.0213. The van der Waals surface area contributed by atoms with E-state index in [-0.39, 0.29) is 31.5 Å². The van der Waals surface area contributed by atoms with E-state index in [1.165, 1.54) is 17.0 Å². The van der Waals surface area contributed by atoms with Crippen LogP contribution in [0.25, 0.3) is 0 Å². The van der Waals surface area contributed by atoms with Crippen molar-refractivity contribution in [1.82, 2.24) is 0 Å². The Kier molecular flexibility index (Phi) is 5.35. The third kappa shape index (κ3) is 4.56. The van der Waals surface area contributed by atoms with Gasteiger partial charge in [0.2, 0.25) is 0 Å². The highest BCUT2D eigenvalue weighted by molar-refractivity contribution is 5.54. The van der Waals surface area contributed by atoms with Gasteiger partial charge in [-0.25, -0.2) is 8.78 Å². The van der Waals surface area contributed by atoms with Crippen molar-refractivity contribution >= 4 is 11.4 Å². The SMILES string of the molecule is O=[N+]([O-])c1cc(F)c(N2CCC(O)(c3cccc(OC(F)(F)F)c3)CC2)c(F)c1. The van der Waals surface area contributed by atoms with Crippen LogP contribution in [0.3, 0.4) is 0 Å². The fourth-order valence-corrected chi connectivity index (χ4v) is 3.33. The van der Waals surface area contributed by atoms with Crippen LogP contribution in [0.4, 0.5) is 33.3 Å². The van der Waals surface area contributed by atoms with E-state index in [1.54, 1.807) is 0 Å². The number of aliphatic hydroxyl groups is 1. The number of piperidine rings is 1. The molecule has 6 nitrogen and oxygen atoms in total. The Morgan fingerprint density at radius 2 is 1.69 bits per heavy atom. The van der Waals surface area contributed by atoms with Gasteiger partial charge < -0.3 is 14.7 Å². The number of nitrogens with zero attached hydrogens (tertiary/aromatic N) is 2. The number of anilines is 1. The molecule has 1 saturated heterocycles. The standard InChI is InChI=1S/C18H15F5N2O4/c19-14-9-12(25(27)28)10-15(20)16(14)24-6-4-17(26,5-7-24)11-2-1-3-13(8-11)29-18(21,22)23/h1-3,8-10,26H,4-7H2. The summed E-state index contributed by atoms with van der Waals surface area (Å²) in [6, 6.07) is 6.12.